The summed E-state index contributed by atoms with van der Waals surface area (Å²) in [6.45, 7) is 3.78. The van der Waals surface area contributed by atoms with Gasteiger partial charge in [-0.25, -0.2) is 9.79 Å². The van der Waals surface area contributed by atoms with E-state index in [1.54, 1.807) is 12.1 Å². The lowest BCUT2D eigenvalue weighted by molar-refractivity contribution is -0.137. The summed E-state index contributed by atoms with van der Waals surface area (Å²) in [5, 5.41) is 12.9. The maximum atomic E-state index is 13.0. The van der Waals surface area contributed by atoms with E-state index in [2.05, 4.69) is 10.3 Å². The van der Waals surface area contributed by atoms with Gasteiger partial charge in [-0.15, -0.1) is 0 Å². The van der Waals surface area contributed by atoms with E-state index in [0.717, 1.165) is 44.2 Å². The lowest BCUT2D eigenvalue weighted by atomic mass is 10.1. The smallest absolute Gasteiger partial charge is 0.416 e. The highest BCUT2D eigenvalue weighted by atomic mass is 32.2. The fourth-order valence-electron chi connectivity index (χ4n) is 3.20. The van der Waals surface area contributed by atoms with E-state index in [1.807, 2.05) is 19.9 Å². The molecule has 0 aliphatic carbocycles. The van der Waals surface area contributed by atoms with Crippen molar-refractivity contribution in [3.05, 3.63) is 85.6 Å². The summed E-state index contributed by atoms with van der Waals surface area (Å²) in [4.78, 5) is 42.0. The summed E-state index contributed by atoms with van der Waals surface area (Å²) in [6.07, 6.45) is -4.57. The van der Waals surface area contributed by atoms with Crippen molar-refractivity contribution < 1.29 is 23.1 Å². The molecule has 8 nitrogen and oxygen atoms in total. The van der Waals surface area contributed by atoms with Crippen LogP contribution in [-0.4, -0.2) is 30.9 Å². The minimum absolute atomic E-state index is 0.0360. The Hall–Kier alpha value is -3.80. The van der Waals surface area contributed by atoms with Gasteiger partial charge >= 0.3 is 11.9 Å². The van der Waals surface area contributed by atoms with Gasteiger partial charge < -0.3 is 10.4 Å². The maximum Gasteiger partial charge on any atom is 0.416 e. The number of carbonyl (C=O) groups is 1. The van der Waals surface area contributed by atoms with Crippen molar-refractivity contribution in [2.75, 3.05) is 11.1 Å². The number of anilines is 1. The highest BCUT2D eigenvalue weighted by molar-refractivity contribution is 8.15. The first-order chi connectivity index (χ1) is 16.8. The number of nitrogens with one attached hydrogen (secondary N) is 1. The lowest BCUT2D eigenvalue weighted by Gasteiger charge is -2.13. The van der Waals surface area contributed by atoms with Crippen molar-refractivity contribution in [2.24, 2.45) is 19.1 Å². The molecule has 0 atom stereocenters. The van der Waals surface area contributed by atoms with Crippen molar-refractivity contribution in [1.29, 1.82) is 0 Å². The fraction of sp³-hybridized carbons (Fsp3) is 0.250. The van der Waals surface area contributed by atoms with Crippen molar-refractivity contribution in [2.45, 2.75) is 20.0 Å². The first-order valence-electron chi connectivity index (χ1n) is 10.5. The number of aromatic nitrogens is 2. The van der Waals surface area contributed by atoms with E-state index < -0.39 is 34.8 Å². The number of rotatable bonds is 5. The third-order valence-electron chi connectivity index (χ3n) is 5.38. The average molecular weight is 521 g/mol. The van der Waals surface area contributed by atoms with Crippen molar-refractivity contribution >= 4 is 34.1 Å². The third kappa shape index (κ3) is 5.88. The number of benzene rings is 2. The van der Waals surface area contributed by atoms with Gasteiger partial charge in [0, 0.05) is 19.8 Å². The Morgan fingerprint density at radius 2 is 1.75 bits per heavy atom. The Balaban J connectivity index is 1.97. The standard InChI is InChI=1S/C24H23F3N4O4S/c1-13-8-9-17(10-14(13)2)29-20(19-21(33)30(3)23(35)31(4)22(19)34)36-12-18(32)28-16-7-5-6-15(11-16)24(25,26)27/h5-11,33H,12H2,1-4H3,(H,28,32). The minimum atomic E-state index is -4.57. The molecule has 36 heavy (non-hydrogen) atoms. The van der Waals surface area contributed by atoms with Gasteiger partial charge in [0.25, 0.3) is 5.56 Å². The van der Waals surface area contributed by atoms with Gasteiger partial charge in [-0.3, -0.25) is 18.7 Å². The molecule has 0 aliphatic rings. The summed E-state index contributed by atoms with van der Waals surface area (Å²) in [5.41, 5.74) is -0.454. The number of nitrogens with zero attached hydrogens (tertiary/aromatic N) is 3. The third-order valence-corrected chi connectivity index (χ3v) is 6.36. The quantitative estimate of drug-likeness (QED) is 0.393. The van der Waals surface area contributed by atoms with Crippen LogP contribution in [0.3, 0.4) is 0 Å². The molecule has 0 aliphatic heterocycles. The molecular formula is C24H23F3N4O4S. The lowest BCUT2D eigenvalue weighted by Crippen LogP contribution is -2.39. The van der Waals surface area contributed by atoms with E-state index in [-0.39, 0.29) is 22.0 Å². The van der Waals surface area contributed by atoms with E-state index >= 15 is 0 Å². The van der Waals surface area contributed by atoms with E-state index in [4.69, 9.17) is 0 Å². The van der Waals surface area contributed by atoms with E-state index in [1.165, 1.54) is 26.2 Å². The first kappa shape index (κ1) is 26.8. The molecule has 0 fully saturated rings. The molecular weight excluding hydrogens is 497 g/mol. The zero-order valence-corrected chi connectivity index (χ0v) is 20.6. The number of carbonyl (C=O) groups excluding carboxylic acids is 1. The zero-order valence-electron chi connectivity index (χ0n) is 19.8. The Morgan fingerprint density at radius 1 is 1.06 bits per heavy atom. The van der Waals surface area contributed by atoms with Crippen molar-refractivity contribution in [3.8, 4) is 5.88 Å². The van der Waals surface area contributed by atoms with E-state index in [0.29, 0.717) is 5.69 Å². The number of hydrogen-bond donors (Lipinski definition) is 2. The molecule has 1 aromatic heterocycles. The molecule has 0 spiro atoms. The number of hydrogen-bond acceptors (Lipinski definition) is 6. The Morgan fingerprint density at radius 3 is 2.39 bits per heavy atom. The molecule has 0 saturated heterocycles. The van der Waals surface area contributed by atoms with Crippen LogP contribution in [0.1, 0.15) is 22.3 Å². The highest BCUT2D eigenvalue weighted by Crippen LogP contribution is 2.31. The summed E-state index contributed by atoms with van der Waals surface area (Å²) in [6, 6.07) is 9.44. The summed E-state index contributed by atoms with van der Waals surface area (Å²) in [7, 11) is 2.52. The largest absolute Gasteiger partial charge is 0.494 e. The molecule has 2 aromatic carbocycles. The molecule has 0 bridgehead atoms. The van der Waals surface area contributed by atoms with Crippen LogP contribution < -0.4 is 16.6 Å². The number of aryl methyl sites for hydroxylation is 2. The monoisotopic (exact) mass is 520 g/mol. The van der Waals surface area contributed by atoms with Crippen LogP contribution in [0.4, 0.5) is 24.5 Å². The van der Waals surface area contributed by atoms with Gasteiger partial charge in [-0.1, -0.05) is 23.9 Å². The molecule has 0 saturated carbocycles. The molecule has 2 N–H and O–H groups in total. The summed E-state index contributed by atoms with van der Waals surface area (Å²) in [5.74, 6) is -1.63. The highest BCUT2D eigenvalue weighted by Gasteiger charge is 2.30. The molecule has 0 radical (unpaired) electrons. The second-order valence-corrected chi connectivity index (χ2v) is 8.97. The number of thioether (sulfide) groups is 1. The normalized spacial score (nSPS) is 12.0. The average Bonchev–Trinajstić information content (AvgIpc) is 2.82. The second kappa shape index (κ2) is 10.4. The van der Waals surface area contributed by atoms with Crippen LogP contribution in [0.2, 0.25) is 0 Å². The van der Waals surface area contributed by atoms with Crippen LogP contribution in [0.25, 0.3) is 0 Å². The number of amides is 1. The van der Waals surface area contributed by atoms with E-state index in [9.17, 15) is 32.7 Å². The van der Waals surface area contributed by atoms with Crippen LogP contribution in [0.5, 0.6) is 5.88 Å². The number of halogens is 3. The predicted octanol–water partition coefficient (Wildman–Crippen LogP) is 3.88. The second-order valence-electron chi connectivity index (χ2n) is 8.01. The molecule has 190 valence electrons. The molecule has 0 unspecified atom stereocenters. The predicted molar refractivity (Wildman–Crippen MR) is 133 cm³/mol. The molecule has 1 heterocycles. The van der Waals surface area contributed by atoms with Gasteiger partial charge in [0.1, 0.15) is 10.6 Å². The summed E-state index contributed by atoms with van der Waals surface area (Å²) >= 11 is 0.795. The van der Waals surface area contributed by atoms with Gasteiger partial charge in [0.15, 0.2) is 0 Å². The van der Waals surface area contributed by atoms with Gasteiger partial charge in [0.2, 0.25) is 11.8 Å². The zero-order chi connectivity index (χ0) is 26.8. The van der Waals surface area contributed by atoms with Crippen molar-refractivity contribution in [1.82, 2.24) is 9.13 Å². The van der Waals surface area contributed by atoms with Gasteiger partial charge in [0.05, 0.1) is 17.0 Å². The maximum absolute atomic E-state index is 13.0. The Kier molecular flexibility index (Phi) is 7.77. The Bertz CT molecular complexity index is 1480. The molecule has 3 rings (SSSR count). The van der Waals surface area contributed by atoms with Gasteiger partial charge in [-0.05, 0) is 55.3 Å². The number of aliphatic imine (C=N–C) groups is 1. The molecule has 1 amide bonds. The summed E-state index contributed by atoms with van der Waals surface area (Å²) < 4.78 is 40.6. The van der Waals surface area contributed by atoms with Crippen LogP contribution >= 0.6 is 11.8 Å². The van der Waals surface area contributed by atoms with Crippen LogP contribution in [-0.2, 0) is 25.1 Å². The van der Waals surface area contributed by atoms with Gasteiger partial charge in [-0.2, -0.15) is 13.2 Å². The molecule has 3 aromatic rings. The van der Waals surface area contributed by atoms with Crippen molar-refractivity contribution in [3.63, 3.8) is 0 Å². The fourth-order valence-corrected chi connectivity index (χ4v) is 4.03. The topological polar surface area (TPSA) is 106 Å². The Labute approximate surface area is 208 Å². The molecule has 12 heteroatoms. The van der Waals surface area contributed by atoms with Crippen LogP contribution in [0.15, 0.2) is 57.0 Å². The first-order valence-corrected chi connectivity index (χ1v) is 11.5. The number of alkyl halides is 3. The number of aromatic hydroxyl groups is 1. The van der Waals surface area contributed by atoms with Crippen LogP contribution in [0, 0.1) is 13.8 Å². The minimum Gasteiger partial charge on any atom is -0.494 e. The SMILES string of the molecule is Cc1ccc(N=C(SCC(=O)Nc2cccc(C(F)(F)F)c2)c2c(O)n(C)c(=O)n(C)c2=O)cc1C.